The van der Waals surface area contributed by atoms with Gasteiger partial charge in [-0.1, -0.05) is 238 Å². The number of benzene rings is 6. The summed E-state index contributed by atoms with van der Waals surface area (Å²) in [7, 11) is 1.65. The van der Waals surface area contributed by atoms with Crippen LogP contribution in [-0.4, -0.2) is 107 Å². The number of hydrogen-bond acceptors (Lipinski definition) is 11. The Hall–Kier alpha value is -9.59. The van der Waals surface area contributed by atoms with Crippen LogP contribution in [0.1, 0.15) is 180 Å². The van der Waals surface area contributed by atoms with E-state index in [4.69, 9.17) is 15.0 Å². The fourth-order valence-corrected chi connectivity index (χ4v) is 10.7. The van der Waals surface area contributed by atoms with Gasteiger partial charge in [-0.2, -0.15) is 54.5 Å². The molecule has 0 radical (unpaired) electrons. The highest BCUT2D eigenvalue weighted by Gasteiger charge is 2.43. The molecular weight excluding hydrogens is 1350 g/mol. The molecule has 0 aliphatic heterocycles. The first-order chi connectivity index (χ1) is 49.6. The van der Waals surface area contributed by atoms with Gasteiger partial charge in [-0.05, 0) is 129 Å². The lowest BCUT2D eigenvalue weighted by Crippen LogP contribution is -2.27. The van der Waals surface area contributed by atoms with Crippen LogP contribution in [0.25, 0.3) is 27.9 Å². The van der Waals surface area contributed by atoms with Crippen LogP contribution in [0.4, 0.5) is 57.1 Å². The molecule has 0 fully saturated rings. The molecule has 0 saturated heterocycles. The minimum Gasteiger partial charge on any atom is -0.377 e. The molecule has 11 nitrogen and oxygen atoms in total. The number of rotatable bonds is 31. The van der Waals surface area contributed by atoms with E-state index in [1.165, 1.54) is 66.1 Å². The third kappa shape index (κ3) is 29.8. The Labute approximate surface area is 617 Å². The second-order valence-corrected chi connectivity index (χ2v) is 26.6. The Kier molecular flexibility index (Phi) is 36.5. The SMILES string of the molecule is CC(C)c1ccccc1N(C)/C=C(/C(=O)C(F)(F)F)c1ccccc1.CCN(/C=C(/C)c1ccccc1)c1nc(C(C)C)nc(N(/C=C(/C)c2ccccc2)CC)n1.CCN(/C=C(\C(=O)C(F)(F)F)c1ccccc1)CCCC(C)C.CCN(/C=C(\C(=O)C(F)(F)F)c1ccccc1)CCCCC(C)C. The lowest BCUT2D eigenvalue weighted by atomic mass is 9.99. The summed E-state index contributed by atoms with van der Waals surface area (Å²) in [6, 6.07) is 52.2. The Morgan fingerprint density at radius 2 is 0.695 bits per heavy atom. The van der Waals surface area contributed by atoms with E-state index in [0.29, 0.717) is 55.5 Å². The number of carbonyl (C=O) groups is 3. The molecule has 7 aromatic rings. The number of Topliss-reactive ketones (excluding diaryl/α,β-unsaturated/α-hetero) is 3. The zero-order valence-corrected chi connectivity index (χ0v) is 63.4. The van der Waals surface area contributed by atoms with Crippen LogP contribution in [0, 0.1) is 11.8 Å². The summed E-state index contributed by atoms with van der Waals surface area (Å²) in [6.45, 7) is 32.9. The van der Waals surface area contributed by atoms with Gasteiger partial charge in [-0.3, -0.25) is 14.4 Å². The van der Waals surface area contributed by atoms with Crippen molar-refractivity contribution in [1.82, 2.24) is 24.8 Å². The number of allylic oxidation sites excluding steroid dienone is 5. The van der Waals surface area contributed by atoms with Gasteiger partial charge in [0.1, 0.15) is 5.82 Å². The number of hydrogen-bond donors (Lipinski definition) is 0. The van der Waals surface area contributed by atoms with Gasteiger partial charge in [0, 0.05) is 88.9 Å². The summed E-state index contributed by atoms with van der Waals surface area (Å²) in [5.74, 6) is -1.76. The molecule has 0 unspecified atom stereocenters. The van der Waals surface area contributed by atoms with E-state index >= 15 is 0 Å². The van der Waals surface area contributed by atoms with Gasteiger partial charge in [-0.25, -0.2) is 0 Å². The quantitative estimate of drug-likeness (QED) is 0.0236. The molecule has 0 N–H and O–H groups in total. The van der Waals surface area contributed by atoms with Crippen molar-refractivity contribution in [3.63, 3.8) is 0 Å². The number of carbonyl (C=O) groups excluding carboxylic acids is 3. The Morgan fingerprint density at radius 3 is 1.01 bits per heavy atom. The van der Waals surface area contributed by atoms with Crippen LogP contribution in [0.5, 0.6) is 0 Å². The van der Waals surface area contributed by atoms with Crippen molar-refractivity contribution in [3.05, 3.63) is 246 Å². The van der Waals surface area contributed by atoms with E-state index in [0.717, 1.165) is 73.4 Å². The molecular formula is C85H105F9N8O3. The minimum absolute atomic E-state index is 0.196. The van der Waals surface area contributed by atoms with E-state index in [1.54, 1.807) is 76.3 Å². The third-order valence-electron chi connectivity index (χ3n) is 16.7. The molecule has 0 spiro atoms. The predicted molar refractivity (Wildman–Crippen MR) is 413 cm³/mol. The van der Waals surface area contributed by atoms with Gasteiger partial charge >= 0.3 is 18.5 Å². The molecule has 105 heavy (non-hydrogen) atoms. The van der Waals surface area contributed by atoms with Crippen molar-refractivity contribution in [3.8, 4) is 0 Å². The first kappa shape index (κ1) is 87.8. The second-order valence-electron chi connectivity index (χ2n) is 26.6. The maximum Gasteiger partial charge on any atom is 0.454 e. The largest absolute Gasteiger partial charge is 0.454 e. The Morgan fingerprint density at radius 1 is 0.381 bits per heavy atom. The molecule has 0 aliphatic carbocycles. The lowest BCUT2D eigenvalue weighted by molar-refractivity contribution is -0.164. The zero-order chi connectivity index (χ0) is 78.0. The molecule has 0 saturated carbocycles. The summed E-state index contributed by atoms with van der Waals surface area (Å²) >= 11 is 0. The normalized spacial score (nSPS) is 12.4. The lowest BCUT2D eigenvalue weighted by Gasteiger charge is -2.23. The molecule has 6 aromatic carbocycles. The summed E-state index contributed by atoms with van der Waals surface area (Å²) in [4.78, 5) is 59.4. The summed E-state index contributed by atoms with van der Waals surface area (Å²) in [6.07, 6.45) is -1.58. The number of para-hydroxylation sites is 1. The molecule has 1 heterocycles. The zero-order valence-electron chi connectivity index (χ0n) is 63.4. The molecule has 1 aromatic heterocycles. The third-order valence-corrected chi connectivity index (χ3v) is 16.7. The van der Waals surface area contributed by atoms with Crippen molar-refractivity contribution in [2.45, 2.75) is 159 Å². The molecule has 20 heteroatoms. The van der Waals surface area contributed by atoms with Crippen molar-refractivity contribution in [2.24, 2.45) is 11.8 Å². The standard InChI is InChI=1S/C28H35N5.C20H20F3NO.C19H26F3NO.C18H24F3NO/c1-7-32(19-22(5)24-15-11-9-12-16-24)27-29-26(21(3)4)30-28(31-27)33(8-2)20-23(6)25-17-13-10-14-18-25;1-14(2)16-11-7-8-12-18(16)24(3)13-17(19(25)20(21,22)23)15-9-5-4-6-10-15;1-4-23(13-9-8-10-15(2)3)14-17(18(24)19(20,21)22)16-11-6-5-7-12-16;1-4-22(12-8-9-14(2)3)13-16(17(23)18(19,20)21)15-10-6-5-7-11-15/h9-21H,7-8H2,1-6H3;4-14H,1-3H3;5-7,11-12,14-15H,4,8-10,13H2,1-3H3;5-7,10-11,13-14H,4,8-9,12H2,1-3H3/b22-19-,23-20-;17-13+;17-14-;16-13-. The monoisotopic (exact) mass is 1460 g/mol. The van der Waals surface area contributed by atoms with Gasteiger partial charge in [0.2, 0.25) is 11.9 Å². The van der Waals surface area contributed by atoms with Gasteiger partial charge < -0.3 is 24.5 Å². The molecule has 566 valence electrons. The second kappa shape index (κ2) is 43.6. The van der Waals surface area contributed by atoms with Crippen LogP contribution in [-0.2, 0) is 14.4 Å². The average Bonchev–Trinajstić information content (AvgIpc) is 0.829. The summed E-state index contributed by atoms with van der Waals surface area (Å²) in [5.41, 5.74) is 6.30. The van der Waals surface area contributed by atoms with E-state index < -0.39 is 35.9 Å². The van der Waals surface area contributed by atoms with Crippen molar-refractivity contribution < 1.29 is 53.9 Å². The fraction of sp³-hybridized carbons (Fsp3) is 0.388. The molecule has 0 bridgehead atoms. The predicted octanol–water partition coefficient (Wildman–Crippen LogP) is 22.4. The first-order valence-electron chi connectivity index (χ1n) is 35.9. The van der Waals surface area contributed by atoms with Gasteiger partial charge in [0.15, 0.2) is 0 Å². The molecule has 0 amide bonds. The fourth-order valence-electron chi connectivity index (χ4n) is 10.7. The van der Waals surface area contributed by atoms with E-state index in [-0.39, 0.29) is 39.7 Å². The van der Waals surface area contributed by atoms with E-state index in [1.807, 2.05) is 64.1 Å². The summed E-state index contributed by atoms with van der Waals surface area (Å²) in [5, 5.41) is 0. The number of alkyl halides is 9. The minimum atomic E-state index is -4.93. The average molecular weight is 1460 g/mol. The number of ketones is 3. The number of nitrogens with zero attached hydrogens (tertiary/aromatic N) is 8. The van der Waals surface area contributed by atoms with Gasteiger partial charge in [0.05, 0.1) is 16.7 Å². The highest BCUT2D eigenvalue weighted by atomic mass is 19.4. The van der Waals surface area contributed by atoms with Gasteiger partial charge in [0.25, 0.3) is 17.3 Å². The number of halogens is 9. The highest BCUT2D eigenvalue weighted by Crippen LogP contribution is 2.34. The molecule has 0 aliphatic rings. The number of anilines is 3. The highest BCUT2D eigenvalue weighted by molar-refractivity contribution is 6.24. The van der Waals surface area contributed by atoms with Crippen LogP contribution in [0.3, 0.4) is 0 Å². The number of aromatic nitrogens is 3. The van der Waals surface area contributed by atoms with Gasteiger partial charge in [-0.15, -0.1) is 0 Å². The Bertz CT molecular complexity index is 3830. The molecule has 7 rings (SSSR count). The van der Waals surface area contributed by atoms with Crippen LogP contribution in [0.15, 0.2) is 207 Å². The van der Waals surface area contributed by atoms with Crippen LogP contribution < -0.4 is 14.7 Å². The number of unbranched alkanes of at least 4 members (excludes halogenated alkanes) is 1. The van der Waals surface area contributed by atoms with Crippen molar-refractivity contribution in [2.75, 3.05) is 61.0 Å². The van der Waals surface area contributed by atoms with Crippen LogP contribution >= 0.6 is 0 Å². The smallest absolute Gasteiger partial charge is 0.377 e. The van der Waals surface area contributed by atoms with Crippen molar-refractivity contribution >= 4 is 62.8 Å². The summed E-state index contributed by atoms with van der Waals surface area (Å²) < 4.78 is 117. The maximum atomic E-state index is 13.0. The topological polar surface area (TPSA) is 106 Å². The van der Waals surface area contributed by atoms with E-state index in [2.05, 4.69) is 140 Å². The van der Waals surface area contributed by atoms with E-state index in [9.17, 15) is 53.9 Å². The molecule has 0 atom stereocenters. The first-order valence-corrected chi connectivity index (χ1v) is 35.9. The maximum absolute atomic E-state index is 13.0. The van der Waals surface area contributed by atoms with Crippen molar-refractivity contribution in [1.29, 1.82) is 0 Å². The Balaban J connectivity index is 0.000000300. The van der Waals surface area contributed by atoms with Crippen LogP contribution in [0.2, 0.25) is 0 Å².